The molecule has 4 nitrogen and oxygen atoms in total. The van der Waals surface area contributed by atoms with Crippen LogP contribution in [0.5, 0.6) is 0 Å². The molecule has 2 atom stereocenters. The van der Waals surface area contributed by atoms with Crippen molar-refractivity contribution in [1.82, 2.24) is 9.80 Å². The molecule has 3 aromatic carbocycles. The van der Waals surface area contributed by atoms with Gasteiger partial charge in [0.15, 0.2) is 0 Å². The number of nitrogens with zero attached hydrogens (tertiary/aromatic N) is 2. The second-order valence-electron chi connectivity index (χ2n) is 10.2. The highest BCUT2D eigenvalue weighted by atomic mass is 19.1. The highest BCUT2D eigenvalue weighted by Gasteiger charge is 2.38. The SMILES string of the molecule is O=C(c1ccccc1F)N1CC(C(=O)N2CCC(Cc3ccccc3)CC2)CC(c2ccccc2)C1. The van der Waals surface area contributed by atoms with Gasteiger partial charge in [0.1, 0.15) is 5.82 Å². The van der Waals surface area contributed by atoms with E-state index in [1.165, 1.54) is 17.7 Å². The number of carbonyl (C=O) groups excluding carboxylic acids is 2. The van der Waals surface area contributed by atoms with Gasteiger partial charge in [0.25, 0.3) is 5.91 Å². The first kappa shape index (κ1) is 24.2. The molecule has 5 heteroatoms. The fraction of sp³-hybridized carbons (Fsp3) is 0.355. The lowest BCUT2D eigenvalue weighted by Gasteiger charge is -2.41. The van der Waals surface area contributed by atoms with Crippen LogP contribution < -0.4 is 0 Å². The summed E-state index contributed by atoms with van der Waals surface area (Å²) in [6.07, 6.45) is 3.74. The first-order valence-corrected chi connectivity index (χ1v) is 13.0. The second-order valence-corrected chi connectivity index (χ2v) is 10.2. The van der Waals surface area contributed by atoms with Crippen LogP contribution in [0.1, 0.15) is 46.7 Å². The Morgan fingerprint density at radius 1 is 0.778 bits per heavy atom. The largest absolute Gasteiger partial charge is 0.342 e. The molecular weight excluding hydrogens is 451 g/mol. The lowest BCUT2D eigenvalue weighted by Crippen LogP contribution is -2.50. The summed E-state index contributed by atoms with van der Waals surface area (Å²) in [4.78, 5) is 30.7. The zero-order valence-electron chi connectivity index (χ0n) is 20.6. The summed E-state index contributed by atoms with van der Waals surface area (Å²) in [5.74, 6) is -0.398. The van der Waals surface area contributed by atoms with E-state index in [-0.39, 0.29) is 29.2 Å². The number of carbonyl (C=O) groups is 2. The molecule has 2 unspecified atom stereocenters. The normalized spacial score (nSPS) is 20.8. The number of amides is 2. The van der Waals surface area contributed by atoms with Crippen LogP contribution in [-0.2, 0) is 11.2 Å². The second kappa shape index (κ2) is 11.1. The summed E-state index contributed by atoms with van der Waals surface area (Å²) in [6.45, 7) is 2.33. The topological polar surface area (TPSA) is 40.6 Å². The monoisotopic (exact) mass is 484 g/mol. The molecule has 186 valence electrons. The molecular formula is C31H33FN2O2. The molecule has 2 aliphatic rings. The summed E-state index contributed by atoms with van der Waals surface area (Å²) in [5, 5.41) is 0. The molecule has 0 saturated carbocycles. The Morgan fingerprint density at radius 3 is 2.11 bits per heavy atom. The van der Waals surface area contributed by atoms with Gasteiger partial charge in [-0.3, -0.25) is 9.59 Å². The van der Waals surface area contributed by atoms with Crippen molar-refractivity contribution in [1.29, 1.82) is 0 Å². The van der Waals surface area contributed by atoms with E-state index < -0.39 is 5.82 Å². The standard InChI is InChI=1S/C31H33FN2O2/c32-29-14-8-7-13-28(29)31(36)34-21-26(25-11-5-2-6-12-25)20-27(22-34)30(35)33-17-15-24(16-18-33)19-23-9-3-1-4-10-23/h1-14,24,26-27H,15-22H2. The Balaban J connectivity index is 1.29. The van der Waals surface area contributed by atoms with E-state index in [0.29, 0.717) is 25.4 Å². The average molecular weight is 485 g/mol. The van der Waals surface area contributed by atoms with Crippen molar-refractivity contribution in [3.8, 4) is 0 Å². The Morgan fingerprint density at radius 2 is 1.42 bits per heavy atom. The Hall–Kier alpha value is -3.47. The molecule has 0 aliphatic carbocycles. The Bertz CT molecular complexity index is 1180. The average Bonchev–Trinajstić information content (AvgIpc) is 2.94. The smallest absolute Gasteiger partial charge is 0.256 e. The number of halogens is 1. The summed E-state index contributed by atoms with van der Waals surface area (Å²) in [7, 11) is 0. The van der Waals surface area contributed by atoms with Gasteiger partial charge in [-0.2, -0.15) is 0 Å². The highest BCUT2D eigenvalue weighted by molar-refractivity contribution is 5.95. The van der Waals surface area contributed by atoms with Crippen molar-refractivity contribution in [2.45, 2.75) is 31.6 Å². The van der Waals surface area contributed by atoms with E-state index in [1.54, 1.807) is 17.0 Å². The number of piperidine rings is 2. The zero-order valence-corrected chi connectivity index (χ0v) is 20.6. The van der Waals surface area contributed by atoms with Crippen LogP contribution >= 0.6 is 0 Å². The van der Waals surface area contributed by atoms with Gasteiger partial charge in [0.05, 0.1) is 11.5 Å². The summed E-state index contributed by atoms with van der Waals surface area (Å²) >= 11 is 0. The molecule has 36 heavy (non-hydrogen) atoms. The first-order valence-electron chi connectivity index (χ1n) is 13.0. The third-order valence-electron chi connectivity index (χ3n) is 7.76. The molecule has 0 bridgehead atoms. The lowest BCUT2D eigenvalue weighted by atomic mass is 9.82. The molecule has 2 amide bonds. The van der Waals surface area contributed by atoms with E-state index in [4.69, 9.17) is 0 Å². The number of rotatable bonds is 5. The van der Waals surface area contributed by atoms with E-state index in [0.717, 1.165) is 37.9 Å². The number of likely N-dealkylation sites (tertiary alicyclic amines) is 2. The van der Waals surface area contributed by atoms with Crippen LogP contribution in [0.3, 0.4) is 0 Å². The summed E-state index contributed by atoms with van der Waals surface area (Å²) < 4.78 is 14.4. The van der Waals surface area contributed by atoms with Crippen LogP contribution in [0.25, 0.3) is 0 Å². The first-order chi connectivity index (χ1) is 17.6. The van der Waals surface area contributed by atoms with E-state index >= 15 is 0 Å². The third-order valence-corrected chi connectivity index (χ3v) is 7.76. The molecule has 2 aliphatic heterocycles. The van der Waals surface area contributed by atoms with Crippen molar-refractivity contribution in [3.05, 3.63) is 107 Å². The maximum absolute atomic E-state index is 14.4. The predicted molar refractivity (Wildman–Crippen MR) is 139 cm³/mol. The van der Waals surface area contributed by atoms with Gasteiger partial charge >= 0.3 is 0 Å². The highest BCUT2D eigenvalue weighted by Crippen LogP contribution is 2.33. The Kier molecular flexibility index (Phi) is 7.45. The zero-order chi connectivity index (χ0) is 24.9. The molecule has 5 rings (SSSR count). The third kappa shape index (κ3) is 5.51. The van der Waals surface area contributed by atoms with Crippen LogP contribution in [0, 0.1) is 17.7 Å². The maximum atomic E-state index is 14.4. The molecule has 0 N–H and O–H groups in total. The number of hydrogen-bond donors (Lipinski definition) is 0. The van der Waals surface area contributed by atoms with Gasteiger partial charge < -0.3 is 9.80 Å². The van der Waals surface area contributed by atoms with Gasteiger partial charge in [0.2, 0.25) is 5.91 Å². The lowest BCUT2D eigenvalue weighted by molar-refractivity contribution is -0.138. The summed E-state index contributed by atoms with van der Waals surface area (Å²) in [6, 6.07) is 26.7. The van der Waals surface area contributed by atoms with Gasteiger partial charge in [-0.25, -0.2) is 4.39 Å². The van der Waals surface area contributed by atoms with Crippen molar-refractivity contribution in [2.24, 2.45) is 11.8 Å². The fourth-order valence-electron chi connectivity index (χ4n) is 5.78. The van der Waals surface area contributed by atoms with Gasteiger partial charge in [0, 0.05) is 32.1 Å². The maximum Gasteiger partial charge on any atom is 0.256 e. The fourth-order valence-corrected chi connectivity index (χ4v) is 5.78. The molecule has 2 fully saturated rings. The van der Waals surface area contributed by atoms with Crippen molar-refractivity contribution < 1.29 is 14.0 Å². The van der Waals surface area contributed by atoms with Crippen molar-refractivity contribution in [2.75, 3.05) is 26.2 Å². The molecule has 2 heterocycles. The minimum atomic E-state index is -0.521. The van der Waals surface area contributed by atoms with Crippen LogP contribution in [0.2, 0.25) is 0 Å². The number of benzene rings is 3. The van der Waals surface area contributed by atoms with Crippen LogP contribution in [0.4, 0.5) is 4.39 Å². The number of hydrogen-bond acceptors (Lipinski definition) is 2. The van der Waals surface area contributed by atoms with Gasteiger partial charge in [-0.15, -0.1) is 0 Å². The minimum absolute atomic E-state index is 0.0419. The van der Waals surface area contributed by atoms with Crippen LogP contribution in [0.15, 0.2) is 84.9 Å². The van der Waals surface area contributed by atoms with E-state index in [9.17, 15) is 14.0 Å². The van der Waals surface area contributed by atoms with Gasteiger partial charge in [-0.1, -0.05) is 72.8 Å². The predicted octanol–water partition coefficient (Wildman–Crippen LogP) is 5.55. The Labute approximate surface area is 212 Å². The van der Waals surface area contributed by atoms with Crippen molar-refractivity contribution >= 4 is 11.8 Å². The summed E-state index contributed by atoms with van der Waals surface area (Å²) in [5.41, 5.74) is 2.53. The molecule has 0 spiro atoms. The quantitative estimate of drug-likeness (QED) is 0.476. The minimum Gasteiger partial charge on any atom is -0.342 e. The van der Waals surface area contributed by atoms with E-state index in [2.05, 4.69) is 36.4 Å². The van der Waals surface area contributed by atoms with Gasteiger partial charge in [-0.05, 0) is 54.9 Å². The molecule has 3 aromatic rings. The van der Waals surface area contributed by atoms with E-state index in [1.807, 2.05) is 29.2 Å². The molecule has 0 radical (unpaired) electrons. The molecule has 2 saturated heterocycles. The van der Waals surface area contributed by atoms with Crippen LogP contribution in [-0.4, -0.2) is 47.8 Å². The van der Waals surface area contributed by atoms with Crippen molar-refractivity contribution in [3.63, 3.8) is 0 Å². The molecule has 0 aromatic heterocycles.